The lowest BCUT2D eigenvalue weighted by Gasteiger charge is -1.96. The van der Waals surface area contributed by atoms with Crippen LogP contribution in [0.15, 0.2) is 24.3 Å². The maximum absolute atomic E-state index is 11.2. The number of aldehydes is 1. The van der Waals surface area contributed by atoms with Crippen LogP contribution in [0, 0.1) is 13.8 Å². The van der Waals surface area contributed by atoms with Crippen molar-refractivity contribution in [2.75, 3.05) is 0 Å². The molecule has 0 bridgehead atoms. The number of nitrogens with one attached hydrogen (secondary N) is 2. The number of nitrogens with zero attached hydrogens (tertiary/aromatic N) is 1. The van der Waals surface area contributed by atoms with Gasteiger partial charge in [-0.2, -0.15) is 0 Å². The largest absolute Gasteiger partial charge is 0.361 e. The van der Waals surface area contributed by atoms with Gasteiger partial charge in [0.2, 0.25) is 0 Å². The summed E-state index contributed by atoms with van der Waals surface area (Å²) in [6.45, 7) is 3.84. The van der Waals surface area contributed by atoms with E-state index in [1.165, 1.54) is 0 Å². The Hall–Kier alpha value is -2.36. The van der Waals surface area contributed by atoms with Crippen molar-refractivity contribution in [3.05, 3.63) is 41.2 Å². The molecule has 4 heteroatoms. The first-order chi connectivity index (χ1) is 8.70. The van der Waals surface area contributed by atoms with Gasteiger partial charge < -0.3 is 9.97 Å². The van der Waals surface area contributed by atoms with Gasteiger partial charge in [-0.25, -0.2) is 4.98 Å². The van der Waals surface area contributed by atoms with Gasteiger partial charge in [-0.1, -0.05) is 12.1 Å². The van der Waals surface area contributed by atoms with E-state index >= 15 is 0 Å². The predicted molar refractivity (Wildman–Crippen MR) is 70.7 cm³/mol. The van der Waals surface area contributed by atoms with Crippen molar-refractivity contribution >= 4 is 17.3 Å². The molecule has 1 aromatic carbocycles. The van der Waals surface area contributed by atoms with E-state index in [2.05, 4.69) is 15.0 Å². The predicted octanol–water partition coefficient (Wildman–Crippen LogP) is 2.99. The van der Waals surface area contributed by atoms with E-state index in [4.69, 9.17) is 0 Å². The smallest absolute Gasteiger partial charge is 0.152 e. The third-order valence-electron chi connectivity index (χ3n) is 3.17. The number of aromatic nitrogens is 3. The van der Waals surface area contributed by atoms with Gasteiger partial charge in [-0.05, 0) is 26.0 Å². The first-order valence-corrected chi connectivity index (χ1v) is 5.80. The van der Waals surface area contributed by atoms with Gasteiger partial charge in [0.1, 0.15) is 5.82 Å². The molecule has 0 aliphatic carbocycles. The fourth-order valence-electron chi connectivity index (χ4n) is 2.32. The van der Waals surface area contributed by atoms with Crippen LogP contribution in [0.4, 0.5) is 0 Å². The van der Waals surface area contributed by atoms with Crippen LogP contribution in [0.5, 0.6) is 0 Å². The summed E-state index contributed by atoms with van der Waals surface area (Å²) in [4.78, 5) is 22.1. The van der Waals surface area contributed by atoms with E-state index in [1.807, 2.05) is 38.1 Å². The van der Waals surface area contributed by atoms with Crippen molar-refractivity contribution < 1.29 is 4.79 Å². The second-order valence-electron chi connectivity index (χ2n) is 4.38. The first-order valence-electron chi connectivity index (χ1n) is 5.80. The molecule has 2 heterocycles. The second kappa shape index (κ2) is 3.84. The molecule has 0 aliphatic rings. The van der Waals surface area contributed by atoms with Gasteiger partial charge in [0.05, 0.1) is 11.0 Å². The van der Waals surface area contributed by atoms with Crippen LogP contribution in [0.2, 0.25) is 0 Å². The van der Waals surface area contributed by atoms with E-state index in [9.17, 15) is 4.79 Å². The highest BCUT2D eigenvalue weighted by Crippen LogP contribution is 2.28. The van der Waals surface area contributed by atoms with Gasteiger partial charge in [-0.15, -0.1) is 0 Å². The number of aryl methyl sites for hydroxylation is 2. The van der Waals surface area contributed by atoms with Crippen molar-refractivity contribution in [2.24, 2.45) is 0 Å². The Kier molecular flexibility index (Phi) is 2.30. The number of rotatable bonds is 2. The van der Waals surface area contributed by atoms with Crippen LogP contribution in [-0.2, 0) is 0 Å². The highest BCUT2D eigenvalue weighted by Gasteiger charge is 2.16. The normalized spacial score (nSPS) is 11.0. The highest BCUT2D eigenvalue weighted by atomic mass is 16.1. The van der Waals surface area contributed by atoms with Crippen LogP contribution in [0.1, 0.15) is 21.7 Å². The number of imidazole rings is 1. The molecule has 18 heavy (non-hydrogen) atoms. The quantitative estimate of drug-likeness (QED) is 0.675. The Labute approximate surface area is 104 Å². The standard InChI is InChI=1S/C14H13N3O/c1-8-10(7-18)13(9(2)15-8)14-16-11-5-3-4-6-12(11)17-14/h3-7,15H,1-2H3,(H,16,17). The zero-order chi connectivity index (χ0) is 12.7. The zero-order valence-corrected chi connectivity index (χ0v) is 10.2. The lowest BCUT2D eigenvalue weighted by atomic mass is 10.1. The van der Waals surface area contributed by atoms with E-state index < -0.39 is 0 Å². The average Bonchev–Trinajstić information content (AvgIpc) is 2.88. The highest BCUT2D eigenvalue weighted by molar-refractivity contribution is 5.91. The minimum atomic E-state index is 0.673. The molecule has 0 radical (unpaired) electrons. The molecule has 0 spiro atoms. The number of carbonyl (C=O) groups excluding carboxylic acids is 1. The molecule has 4 nitrogen and oxygen atoms in total. The molecule has 2 aromatic heterocycles. The third-order valence-corrected chi connectivity index (χ3v) is 3.17. The van der Waals surface area contributed by atoms with Gasteiger partial charge in [-0.3, -0.25) is 4.79 Å². The number of aromatic amines is 2. The minimum Gasteiger partial charge on any atom is -0.361 e. The first kappa shape index (κ1) is 10.8. The molecule has 0 unspecified atom stereocenters. The lowest BCUT2D eigenvalue weighted by molar-refractivity contribution is 0.112. The number of hydrogen-bond donors (Lipinski definition) is 2. The summed E-state index contributed by atoms with van der Waals surface area (Å²) in [5, 5.41) is 0. The summed E-state index contributed by atoms with van der Waals surface area (Å²) in [6.07, 6.45) is 0.876. The van der Waals surface area contributed by atoms with Crippen molar-refractivity contribution in [3.63, 3.8) is 0 Å². The number of hydrogen-bond acceptors (Lipinski definition) is 2. The molecule has 0 saturated heterocycles. The van der Waals surface area contributed by atoms with Crippen molar-refractivity contribution in [1.82, 2.24) is 15.0 Å². The Balaban J connectivity index is 2.28. The molecule has 90 valence electrons. The SMILES string of the molecule is Cc1[nH]c(C)c(-c2nc3ccccc3[nH]2)c1C=O. The lowest BCUT2D eigenvalue weighted by Crippen LogP contribution is -1.87. The van der Waals surface area contributed by atoms with E-state index in [0.717, 1.165) is 40.1 Å². The van der Waals surface area contributed by atoms with Crippen molar-refractivity contribution in [3.8, 4) is 11.4 Å². The zero-order valence-electron chi connectivity index (χ0n) is 10.2. The fourth-order valence-corrected chi connectivity index (χ4v) is 2.32. The summed E-state index contributed by atoms with van der Waals surface area (Å²) in [7, 11) is 0. The number of H-pyrrole nitrogens is 2. The van der Waals surface area contributed by atoms with Crippen LogP contribution in [0.3, 0.4) is 0 Å². The Morgan fingerprint density at radius 3 is 2.61 bits per heavy atom. The monoisotopic (exact) mass is 239 g/mol. The number of carbonyl (C=O) groups is 1. The summed E-state index contributed by atoms with van der Waals surface area (Å²) >= 11 is 0. The molecule has 2 N–H and O–H groups in total. The van der Waals surface area contributed by atoms with Gasteiger partial charge in [0.25, 0.3) is 0 Å². The maximum Gasteiger partial charge on any atom is 0.152 e. The Bertz CT molecular complexity index is 704. The van der Waals surface area contributed by atoms with Crippen molar-refractivity contribution in [1.29, 1.82) is 0 Å². The molecule has 0 aliphatic heterocycles. The van der Waals surface area contributed by atoms with Gasteiger partial charge in [0, 0.05) is 22.5 Å². The molecule has 0 amide bonds. The van der Waals surface area contributed by atoms with Crippen LogP contribution < -0.4 is 0 Å². The molecule has 0 atom stereocenters. The molecule has 0 saturated carbocycles. The van der Waals surface area contributed by atoms with Crippen LogP contribution >= 0.6 is 0 Å². The molecule has 3 rings (SSSR count). The van der Waals surface area contributed by atoms with Crippen LogP contribution in [0.25, 0.3) is 22.4 Å². The summed E-state index contributed by atoms with van der Waals surface area (Å²) in [5.74, 6) is 0.736. The van der Waals surface area contributed by atoms with E-state index in [1.54, 1.807) is 0 Å². The van der Waals surface area contributed by atoms with Gasteiger partial charge in [0.15, 0.2) is 6.29 Å². The van der Waals surface area contributed by atoms with Gasteiger partial charge >= 0.3 is 0 Å². The summed E-state index contributed by atoms with van der Waals surface area (Å²) < 4.78 is 0. The Morgan fingerprint density at radius 2 is 1.89 bits per heavy atom. The molecular formula is C14H13N3O. The van der Waals surface area contributed by atoms with E-state index in [0.29, 0.717) is 5.56 Å². The van der Waals surface area contributed by atoms with Crippen molar-refractivity contribution in [2.45, 2.75) is 13.8 Å². The fraction of sp³-hybridized carbons (Fsp3) is 0.143. The average molecular weight is 239 g/mol. The molecular weight excluding hydrogens is 226 g/mol. The van der Waals surface area contributed by atoms with Crippen LogP contribution in [-0.4, -0.2) is 21.2 Å². The third kappa shape index (κ3) is 1.46. The minimum absolute atomic E-state index is 0.673. The summed E-state index contributed by atoms with van der Waals surface area (Å²) in [6, 6.07) is 7.83. The number of para-hydroxylation sites is 2. The topological polar surface area (TPSA) is 61.5 Å². The maximum atomic E-state index is 11.2. The summed E-state index contributed by atoms with van der Waals surface area (Å²) in [5.41, 5.74) is 5.24. The van der Waals surface area contributed by atoms with E-state index in [-0.39, 0.29) is 0 Å². The number of fused-ring (bicyclic) bond motifs is 1. The second-order valence-corrected chi connectivity index (χ2v) is 4.38. The Morgan fingerprint density at radius 1 is 1.11 bits per heavy atom. The molecule has 3 aromatic rings. The molecule has 0 fully saturated rings. The number of benzene rings is 1.